The third kappa shape index (κ3) is 2.41. The Kier molecular flexibility index (Phi) is 2.78. The molecule has 0 radical (unpaired) electrons. The Morgan fingerprint density at radius 3 is 3.00 bits per heavy atom. The van der Waals surface area contributed by atoms with Gasteiger partial charge in [0.05, 0.1) is 17.9 Å². The number of nitrogens with one attached hydrogen (secondary N) is 2. The van der Waals surface area contributed by atoms with E-state index in [2.05, 4.69) is 15.3 Å². The first-order valence-corrected chi connectivity index (χ1v) is 4.90. The molecule has 4 N–H and O–H groups in total. The molecule has 0 aliphatic carbocycles. The summed E-state index contributed by atoms with van der Waals surface area (Å²) in [6, 6.07) is 5.36. The summed E-state index contributed by atoms with van der Waals surface area (Å²) in [5.41, 5.74) is 7.27. The van der Waals surface area contributed by atoms with Crippen LogP contribution in [-0.2, 0) is 6.54 Å². The van der Waals surface area contributed by atoms with Crippen LogP contribution in [0.5, 0.6) is 0 Å². The van der Waals surface area contributed by atoms with E-state index in [-0.39, 0.29) is 0 Å². The fraction of sp³-hybridized carbons (Fsp3) is 0.100. The van der Waals surface area contributed by atoms with E-state index in [0.717, 1.165) is 11.5 Å². The zero-order chi connectivity index (χ0) is 10.7. The SMILES string of the molecule is Nc1cc(Cl)ccc1NCc1ncc[nH]1. The Hall–Kier alpha value is -1.68. The number of H-pyrrole nitrogens is 1. The maximum atomic E-state index is 5.79. The number of benzene rings is 1. The summed E-state index contributed by atoms with van der Waals surface area (Å²) in [4.78, 5) is 7.09. The standard InChI is InChI=1S/C10H11ClN4/c11-7-1-2-9(8(12)5-7)15-6-10-13-3-4-14-10/h1-5,15H,6,12H2,(H,13,14). The van der Waals surface area contributed by atoms with Gasteiger partial charge in [0.15, 0.2) is 0 Å². The molecule has 15 heavy (non-hydrogen) atoms. The normalized spacial score (nSPS) is 10.2. The highest BCUT2D eigenvalue weighted by Crippen LogP contribution is 2.22. The molecule has 2 rings (SSSR count). The number of rotatable bonds is 3. The molecule has 78 valence electrons. The summed E-state index contributed by atoms with van der Waals surface area (Å²) in [5, 5.41) is 3.80. The third-order valence-corrected chi connectivity index (χ3v) is 2.25. The van der Waals surface area contributed by atoms with Crippen molar-refractivity contribution in [3.05, 3.63) is 41.4 Å². The molecule has 0 spiro atoms. The average Bonchev–Trinajstić information content (AvgIpc) is 2.69. The van der Waals surface area contributed by atoms with Gasteiger partial charge in [-0.1, -0.05) is 11.6 Å². The molecule has 0 aliphatic rings. The van der Waals surface area contributed by atoms with Crippen molar-refractivity contribution < 1.29 is 0 Å². The van der Waals surface area contributed by atoms with Crippen molar-refractivity contribution in [1.29, 1.82) is 0 Å². The fourth-order valence-electron chi connectivity index (χ4n) is 1.27. The number of anilines is 2. The molecule has 0 aliphatic heterocycles. The van der Waals surface area contributed by atoms with E-state index in [9.17, 15) is 0 Å². The number of nitrogens with zero attached hydrogens (tertiary/aromatic N) is 1. The highest BCUT2D eigenvalue weighted by Gasteiger charge is 2.00. The summed E-state index contributed by atoms with van der Waals surface area (Å²) in [6.45, 7) is 0.610. The zero-order valence-electron chi connectivity index (χ0n) is 8.00. The maximum absolute atomic E-state index is 5.79. The van der Waals surface area contributed by atoms with E-state index < -0.39 is 0 Å². The van der Waals surface area contributed by atoms with E-state index >= 15 is 0 Å². The number of aromatic nitrogens is 2. The zero-order valence-corrected chi connectivity index (χ0v) is 8.75. The second kappa shape index (κ2) is 4.23. The van der Waals surface area contributed by atoms with Gasteiger partial charge in [0.1, 0.15) is 5.82 Å². The predicted octanol–water partition coefficient (Wildman–Crippen LogP) is 2.26. The summed E-state index contributed by atoms with van der Waals surface area (Å²) in [6.07, 6.45) is 3.49. The first kappa shape index (κ1) is 9.86. The first-order valence-electron chi connectivity index (χ1n) is 4.53. The average molecular weight is 223 g/mol. The minimum absolute atomic E-state index is 0.610. The Morgan fingerprint density at radius 2 is 2.33 bits per heavy atom. The molecule has 0 unspecified atom stereocenters. The van der Waals surface area contributed by atoms with Crippen molar-refractivity contribution in [1.82, 2.24) is 9.97 Å². The number of nitrogens with two attached hydrogens (primary N) is 1. The summed E-state index contributed by atoms with van der Waals surface area (Å²) in [7, 11) is 0. The van der Waals surface area contributed by atoms with Crippen LogP contribution in [0.2, 0.25) is 5.02 Å². The number of imidazole rings is 1. The molecule has 0 atom stereocenters. The number of halogens is 1. The number of nitrogen functional groups attached to an aromatic ring is 1. The van der Waals surface area contributed by atoms with Gasteiger partial charge in [-0.3, -0.25) is 0 Å². The van der Waals surface area contributed by atoms with Crippen LogP contribution in [0.25, 0.3) is 0 Å². The van der Waals surface area contributed by atoms with E-state index in [4.69, 9.17) is 17.3 Å². The van der Waals surface area contributed by atoms with Crippen LogP contribution in [0.4, 0.5) is 11.4 Å². The van der Waals surface area contributed by atoms with Crippen LogP contribution in [0.15, 0.2) is 30.6 Å². The molecule has 0 amide bonds. The molecular formula is C10H11ClN4. The van der Waals surface area contributed by atoms with Gasteiger partial charge in [-0.15, -0.1) is 0 Å². The molecule has 0 bridgehead atoms. The molecule has 0 saturated carbocycles. The van der Waals surface area contributed by atoms with Crippen LogP contribution in [-0.4, -0.2) is 9.97 Å². The van der Waals surface area contributed by atoms with Gasteiger partial charge < -0.3 is 16.0 Å². The Morgan fingerprint density at radius 1 is 1.47 bits per heavy atom. The van der Waals surface area contributed by atoms with Crippen molar-refractivity contribution in [3.8, 4) is 0 Å². The lowest BCUT2D eigenvalue weighted by Gasteiger charge is -2.07. The molecule has 1 aromatic carbocycles. The van der Waals surface area contributed by atoms with E-state index in [1.54, 1.807) is 24.5 Å². The van der Waals surface area contributed by atoms with Crippen LogP contribution < -0.4 is 11.1 Å². The van der Waals surface area contributed by atoms with Crippen molar-refractivity contribution in [2.75, 3.05) is 11.1 Å². The molecule has 1 aromatic heterocycles. The Balaban J connectivity index is 2.05. The van der Waals surface area contributed by atoms with Gasteiger partial charge in [-0.05, 0) is 18.2 Å². The lowest BCUT2D eigenvalue weighted by atomic mass is 10.2. The lowest BCUT2D eigenvalue weighted by Crippen LogP contribution is -2.03. The van der Waals surface area contributed by atoms with Gasteiger partial charge in [0.2, 0.25) is 0 Å². The molecule has 5 heteroatoms. The fourth-order valence-corrected chi connectivity index (χ4v) is 1.45. The Labute approximate surface area is 92.5 Å². The van der Waals surface area contributed by atoms with Gasteiger partial charge in [0.25, 0.3) is 0 Å². The quantitative estimate of drug-likeness (QED) is 0.698. The van der Waals surface area contributed by atoms with E-state index in [1.807, 2.05) is 6.07 Å². The second-order valence-corrected chi connectivity index (χ2v) is 3.56. The monoisotopic (exact) mass is 222 g/mol. The lowest BCUT2D eigenvalue weighted by molar-refractivity contribution is 1.00. The smallest absolute Gasteiger partial charge is 0.125 e. The van der Waals surface area contributed by atoms with E-state index in [0.29, 0.717) is 17.3 Å². The minimum atomic E-state index is 0.610. The number of hydrogen-bond donors (Lipinski definition) is 3. The molecule has 0 fully saturated rings. The largest absolute Gasteiger partial charge is 0.397 e. The number of hydrogen-bond acceptors (Lipinski definition) is 3. The van der Waals surface area contributed by atoms with Crippen LogP contribution in [0.3, 0.4) is 0 Å². The highest BCUT2D eigenvalue weighted by molar-refractivity contribution is 6.31. The molecule has 1 heterocycles. The Bertz CT molecular complexity index is 439. The van der Waals surface area contributed by atoms with Crippen LogP contribution >= 0.6 is 11.6 Å². The van der Waals surface area contributed by atoms with Gasteiger partial charge in [0, 0.05) is 17.4 Å². The second-order valence-electron chi connectivity index (χ2n) is 3.12. The van der Waals surface area contributed by atoms with Crippen molar-refractivity contribution in [3.63, 3.8) is 0 Å². The van der Waals surface area contributed by atoms with Gasteiger partial charge in [-0.25, -0.2) is 4.98 Å². The van der Waals surface area contributed by atoms with Crippen molar-refractivity contribution in [2.24, 2.45) is 0 Å². The first-order chi connectivity index (χ1) is 7.25. The highest BCUT2D eigenvalue weighted by atomic mass is 35.5. The van der Waals surface area contributed by atoms with Gasteiger partial charge in [-0.2, -0.15) is 0 Å². The van der Waals surface area contributed by atoms with Gasteiger partial charge >= 0.3 is 0 Å². The minimum Gasteiger partial charge on any atom is -0.397 e. The van der Waals surface area contributed by atoms with Crippen LogP contribution in [0, 0.1) is 0 Å². The molecular weight excluding hydrogens is 212 g/mol. The predicted molar refractivity (Wildman–Crippen MR) is 61.8 cm³/mol. The summed E-state index contributed by atoms with van der Waals surface area (Å²) in [5.74, 6) is 0.865. The van der Waals surface area contributed by atoms with Crippen molar-refractivity contribution in [2.45, 2.75) is 6.54 Å². The maximum Gasteiger partial charge on any atom is 0.125 e. The van der Waals surface area contributed by atoms with Crippen LogP contribution in [0.1, 0.15) is 5.82 Å². The van der Waals surface area contributed by atoms with E-state index in [1.165, 1.54) is 0 Å². The third-order valence-electron chi connectivity index (χ3n) is 2.01. The molecule has 0 saturated heterocycles. The molecule has 2 aromatic rings. The van der Waals surface area contributed by atoms with Crippen molar-refractivity contribution >= 4 is 23.0 Å². The summed E-state index contributed by atoms with van der Waals surface area (Å²) < 4.78 is 0. The molecule has 4 nitrogen and oxygen atoms in total. The number of aromatic amines is 1. The summed E-state index contributed by atoms with van der Waals surface area (Å²) >= 11 is 5.79. The topological polar surface area (TPSA) is 66.7 Å².